The van der Waals surface area contributed by atoms with E-state index in [0.717, 1.165) is 6.42 Å². The predicted molar refractivity (Wildman–Crippen MR) is 52.7 cm³/mol. The van der Waals surface area contributed by atoms with E-state index in [1.54, 1.807) is 0 Å². The zero-order valence-corrected chi connectivity index (χ0v) is 8.79. The molecule has 1 rings (SSSR count). The van der Waals surface area contributed by atoms with Crippen molar-refractivity contribution < 1.29 is 9.84 Å². The van der Waals surface area contributed by atoms with Crippen LogP contribution in [0.3, 0.4) is 0 Å². The van der Waals surface area contributed by atoms with Crippen LogP contribution in [0.5, 0.6) is 0 Å². The molecule has 0 aromatic carbocycles. The van der Waals surface area contributed by atoms with E-state index < -0.39 is 6.10 Å². The Morgan fingerprint density at radius 3 is 2.64 bits per heavy atom. The third-order valence-electron chi connectivity index (χ3n) is 2.92. The number of ether oxygens (including phenoxy) is 1. The minimum atomic E-state index is -0.535. The topological polar surface area (TPSA) is 78.2 Å². The minimum Gasteiger partial charge on any atom is -0.390 e. The number of hydrogen-bond acceptors (Lipinski definition) is 3. The first-order chi connectivity index (χ1) is 6.61. The maximum absolute atomic E-state index is 9.84. The van der Waals surface area contributed by atoms with Crippen molar-refractivity contribution in [1.82, 2.24) is 0 Å². The van der Waals surface area contributed by atoms with Crippen molar-refractivity contribution in [3.63, 3.8) is 0 Å². The first-order valence-electron chi connectivity index (χ1n) is 4.99. The summed E-state index contributed by atoms with van der Waals surface area (Å²) in [6, 6.07) is -0.266. The van der Waals surface area contributed by atoms with Gasteiger partial charge in [0.25, 0.3) is 0 Å². The molecule has 1 aliphatic rings. The molecule has 5 heteroatoms. The summed E-state index contributed by atoms with van der Waals surface area (Å²) in [7, 11) is 0. The summed E-state index contributed by atoms with van der Waals surface area (Å²) < 4.78 is 5.57. The van der Waals surface area contributed by atoms with Crippen molar-refractivity contribution in [2.75, 3.05) is 0 Å². The molecule has 0 spiro atoms. The number of aliphatic hydroxyl groups is 1. The van der Waals surface area contributed by atoms with Crippen LogP contribution in [0.1, 0.15) is 27.2 Å². The van der Waals surface area contributed by atoms with Crippen LogP contribution >= 0.6 is 0 Å². The highest BCUT2D eigenvalue weighted by molar-refractivity contribution is 4.92. The van der Waals surface area contributed by atoms with E-state index >= 15 is 0 Å². The van der Waals surface area contributed by atoms with Crippen LogP contribution < -0.4 is 0 Å². The van der Waals surface area contributed by atoms with Gasteiger partial charge in [0, 0.05) is 4.91 Å². The van der Waals surface area contributed by atoms with E-state index in [2.05, 4.69) is 10.0 Å². The van der Waals surface area contributed by atoms with Crippen molar-refractivity contribution in [3.05, 3.63) is 10.4 Å². The van der Waals surface area contributed by atoms with Crippen molar-refractivity contribution in [1.29, 1.82) is 0 Å². The first kappa shape index (κ1) is 11.3. The summed E-state index contributed by atoms with van der Waals surface area (Å²) >= 11 is 0. The second-order valence-electron chi connectivity index (χ2n) is 3.83. The highest BCUT2D eigenvalue weighted by Crippen LogP contribution is 2.29. The van der Waals surface area contributed by atoms with Gasteiger partial charge in [-0.1, -0.05) is 19.0 Å². The first-order valence-corrected chi connectivity index (χ1v) is 4.99. The van der Waals surface area contributed by atoms with E-state index in [9.17, 15) is 5.11 Å². The summed E-state index contributed by atoms with van der Waals surface area (Å²) in [6.07, 6.45) is -0.00940. The van der Waals surface area contributed by atoms with Gasteiger partial charge in [-0.05, 0) is 24.8 Å². The Labute approximate surface area is 83.7 Å². The molecule has 0 aromatic rings. The van der Waals surface area contributed by atoms with Crippen LogP contribution in [0, 0.1) is 5.92 Å². The summed E-state index contributed by atoms with van der Waals surface area (Å²) in [5.74, 6) is -0.0420. The Morgan fingerprint density at radius 1 is 1.50 bits per heavy atom. The van der Waals surface area contributed by atoms with Gasteiger partial charge in [0.1, 0.15) is 0 Å². The number of hydrogen-bond donors (Lipinski definition) is 1. The molecule has 0 aliphatic carbocycles. The van der Waals surface area contributed by atoms with Gasteiger partial charge in [0.2, 0.25) is 0 Å². The van der Waals surface area contributed by atoms with Gasteiger partial charge in [0.05, 0.1) is 24.4 Å². The van der Waals surface area contributed by atoms with Gasteiger partial charge in [-0.3, -0.25) is 0 Å². The molecule has 1 saturated heterocycles. The lowest BCUT2D eigenvalue weighted by Gasteiger charge is -2.40. The molecule has 0 radical (unpaired) electrons. The smallest absolute Gasteiger partial charge is 0.0837 e. The lowest BCUT2D eigenvalue weighted by Crippen LogP contribution is -2.50. The summed E-state index contributed by atoms with van der Waals surface area (Å²) in [4.78, 5) is 2.78. The van der Waals surface area contributed by atoms with Crippen LogP contribution in [0.4, 0.5) is 0 Å². The maximum Gasteiger partial charge on any atom is 0.0837 e. The average Bonchev–Trinajstić information content (AvgIpc) is 2.18. The predicted octanol–water partition coefficient (Wildman–Crippen LogP) is 1.86. The Morgan fingerprint density at radius 2 is 2.14 bits per heavy atom. The molecule has 0 saturated carbocycles. The van der Waals surface area contributed by atoms with Gasteiger partial charge >= 0.3 is 0 Å². The molecule has 0 aromatic heterocycles. The Balaban J connectivity index is 2.78. The van der Waals surface area contributed by atoms with Crippen molar-refractivity contribution >= 4 is 0 Å². The van der Waals surface area contributed by atoms with E-state index in [-0.39, 0.29) is 24.2 Å². The normalized spacial score (nSPS) is 43.0. The third kappa shape index (κ3) is 2.00. The number of aliphatic hydroxyl groups excluding tert-OH is 1. The molecular weight excluding hydrogens is 182 g/mol. The molecule has 80 valence electrons. The zero-order valence-electron chi connectivity index (χ0n) is 8.79. The van der Waals surface area contributed by atoms with Gasteiger partial charge in [0.15, 0.2) is 0 Å². The third-order valence-corrected chi connectivity index (χ3v) is 2.92. The fourth-order valence-electron chi connectivity index (χ4n) is 2.00. The molecule has 0 amide bonds. The number of rotatable bonds is 2. The second-order valence-corrected chi connectivity index (χ2v) is 3.83. The number of nitrogens with zero attached hydrogens (tertiary/aromatic N) is 3. The average molecular weight is 199 g/mol. The van der Waals surface area contributed by atoms with Crippen LogP contribution in [-0.2, 0) is 4.74 Å². The van der Waals surface area contributed by atoms with Crippen LogP contribution in [0.15, 0.2) is 5.11 Å². The van der Waals surface area contributed by atoms with Gasteiger partial charge < -0.3 is 9.84 Å². The van der Waals surface area contributed by atoms with Crippen molar-refractivity contribution in [3.8, 4) is 0 Å². The summed E-state index contributed by atoms with van der Waals surface area (Å²) in [6.45, 7) is 5.75. The Kier molecular flexibility index (Phi) is 3.75. The summed E-state index contributed by atoms with van der Waals surface area (Å²) in [5.41, 5.74) is 8.38. The van der Waals surface area contributed by atoms with E-state index in [1.807, 2.05) is 20.8 Å². The standard InChI is InChI=1S/C9H17N3O2/c1-4-7-9(13)5(2)8(11-12-10)6(3)14-7/h5-9,13H,4H2,1-3H3/t5-,6+,7?,8?,9+/m1/s1. The highest BCUT2D eigenvalue weighted by atomic mass is 16.5. The molecule has 0 bridgehead atoms. The molecule has 5 nitrogen and oxygen atoms in total. The van der Waals surface area contributed by atoms with E-state index in [1.165, 1.54) is 0 Å². The lowest BCUT2D eigenvalue weighted by molar-refractivity contribution is -0.145. The van der Waals surface area contributed by atoms with Gasteiger partial charge in [-0.25, -0.2) is 0 Å². The van der Waals surface area contributed by atoms with Crippen LogP contribution in [0.25, 0.3) is 10.4 Å². The molecule has 2 unspecified atom stereocenters. The Hall–Kier alpha value is -0.770. The fraction of sp³-hybridized carbons (Fsp3) is 1.00. The molecule has 1 heterocycles. The Bertz CT molecular complexity index is 240. The molecule has 14 heavy (non-hydrogen) atoms. The van der Waals surface area contributed by atoms with E-state index in [4.69, 9.17) is 10.3 Å². The summed E-state index contributed by atoms with van der Waals surface area (Å²) in [5, 5.41) is 13.5. The van der Waals surface area contributed by atoms with Crippen molar-refractivity contribution in [2.24, 2.45) is 11.0 Å². The molecule has 5 atom stereocenters. The largest absolute Gasteiger partial charge is 0.390 e. The quantitative estimate of drug-likeness (QED) is 0.418. The van der Waals surface area contributed by atoms with Crippen LogP contribution in [-0.4, -0.2) is 29.5 Å². The second kappa shape index (κ2) is 4.64. The SMILES string of the molecule is CCC1O[C@@H](C)C(N=[N+]=[N-])[C@@H](C)[C@@H]1O. The maximum atomic E-state index is 9.84. The molecule has 1 aliphatic heterocycles. The molecule has 1 fully saturated rings. The number of azide groups is 1. The molecule has 1 N–H and O–H groups in total. The zero-order chi connectivity index (χ0) is 10.7. The molecular formula is C9H17N3O2. The van der Waals surface area contributed by atoms with Gasteiger partial charge in [-0.15, -0.1) is 0 Å². The highest BCUT2D eigenvalue weighted by Gasteiger charge is 2.39. The van der Waals surface area contributed by atoms with Crippen LogP contribution in [0.2, 0.25) is 0 Å². The minimum absolute atomic E-state index is 0.0420. The monoisotopic (exact) mass is 199 g/mol. The fourth-order valence-corrected chi connectivity index (χ4v) is 2.00. The van der Waals surface area contributed by atoms with Crippen molar-refractivity contribution in [2.45, 2.75) is 51.5 Å². The van der Waals surface area contributed by atoms with E-state index in [0.29, 0.717) is 0 Å². The van der Waals surface area contributed by atoms with Gasteiger partial charge in [-0.2, -0.15) is 0 Å². The lowest BCUT2D eigenvalue weighted by atomic mass is 9.86.